The monoisotopic (exact) mass is 805 g/mol. The Morgan fingerprint density at radius 3 is 1.48 bits per heavy atom. The Labute approximate surface area is 356 Å². The van der Waals surface area contributed by atoms with Gasteiger partial charge in [-0.15, -0.1) is 0 Å². The number of aromatic nitrogens is 1. The Hall–Kier alpha value is -6.54. The van der Waals surface area contributed by atoms with Gasteiger partial charge in [0.2, 0.25) is 0 Å². The third-order valence-corrected chi connectivity index (χ3v) is 24.0. The Morgan fingerprint density at radius 2 is 0.967 bits per heavy atom. The second-order valence-corrected chi connectivity index (χ2v) is 24.5. The molecule has 7 aromatic rings. The maximum absolute atomic E-state index is 5.79. The van der Waals surface area contributed by atoms with Crippen LogP contribution in [0.4, 0.5) is 34.4 Å². The number of pyridine rings is 1. The van der Waals surface area contributed by atoms with Crippen molar-refractivity contribution in [1.82, 2.24) is 4.98 Å². The molecule has 0 radical (unpaired) electrons. The number of hydrogen-bond donors (Lipinski definition) is 0. The summed E-state index contributed by atoms with van der Waals surface area (Å²) in [6.45, 7) is 4.65. The van der Waals surface area contributed by atoms with Crippen molar-refractivity contribution in [3.8, 4) is 0 Å². The highest BCUT2D eigenvalue weighted by molar-refractivity contribution is 7.18. The van der Waals surface area contributed by atoms with E-state index in [2.05, 4.69) is 236 Å². The van der Waals surface area contributed by atoms with Gasteiger partial charge in [-0.2, -0.15) is 0 Å². The predicted octanol–water partition coefficient (Wildman–Crippen LogP) is 9.84. The van der Waals surface area contributed by atoms with Crippen LogP contribution in [0.25, 0.3) is 0 Å². The molecule has 4 aliphatic rings. The van der Waals surface area contributed by atoms with E-state index in [1.165, 1.54) is 59.4 Å². The van der Waals surface area contributed by atoms with Crippen LogP contribution in [0.1, 0.15) is 25.3 Å². The summed E-state index contributed by atoms with van der Waals surface area (Å²) in [5.74, 6) is 2.28. The molecule has 1 aromatic heterocycles. The zero-order valence-corrected chi connectivity index (χ0v) is 36.1. The van der Waals surface area contributed by atoms with Gasteiger partial charge in [0.1, 0.15) is 11.6 Å². The first-order valence-electron chi connectivity index (χ1n) is 21.4. The Bertz CT molecular complexity index is 2800. The van der Waals surface area contributed by atoms with E-state index in [4.69, 9.17) is 4.98 Å². The van der Waals surface area contributed by atoms with Gasteiger partial charge in [0, 0.05) is 22.7 Å². The van der Waals surface area contributed by atoms with E-state index in [-0.39, 0.29) is 0 Å². The van der Waals surface area contributed by atoms with Crippen molar-refractivity contribution in [3.05, 3.63) is 223 Å². The molecule has 0 N–H and O–H groups in total. The van der Waals surface area contributed by atoms with E-state index in [1.54, 1.807) is 5.20 Å². The molecule has 290 valence electrons. The fourth-order valence-electron chi connectivity index (χ4n) is 11.1. The van der Waals surface area contributed by atoms with Gasteiger partial charge in [-0.1, -0.05) is 188 Å². The molecule has 5 heteroatoms. The lowest BCUT2D eigenvalue weighted by Crippen LogP contribution is -2.72. The van der Waals surface area contributed by atoms with Crippen LogP contribution in [0.5, 0.6) is 0 Å². The van der Waals surface area contributed by atoms with Gasteiger partial charge in [-0.05, 0) is 104 Å². The molecule has 0 saturated carbocycles. The highest BCUT2D eigenvalue weighted by atomic mass is 28.3. The van der Waals surface area contributed by atoms with Crippen molar-refractivity contribution in [2.24, 2.45) is 5.92 Å². The zero-order chi connectivity index (χ0) is 40.3. The summed E-state index contributed by atoms with van der Waals surface area (Å²) in [5, 5.41) is 10.1. The Kier molecular flexibility index (Phi) is 8.91. The van der Waals surface area contributed by atoms with Gasteiger partial charge in [-0.3, -0.25) is 9.80 Å². The second-order valence-electron chi connectivity index (χ2n) is 16.7. The van der Waals surface area contributed by atoms with Crippen LogP contribution in [0.3, 0.4) is 0 Å². The largest absolute Gasteiger partial charge is 0.295 e. The number of rotatable bonds is 6. The van der Waals surface area contributed by atoms with Gasteiger partial charge < -0.3 is 0 Å². The lowest BCUT2D eigenvalue weighted by molar-refractivity contribution is 0.716. The van der Waals surface area contributed by atoms with Crippen LogP contribution in [-0.2, 0) is 0 Å². The number of allylic oxidation sites excluding steroid dienone is 8. The smallest absolute Gasteiger partial charge is 0.180 e. The fraction of sp³-hybridized carbons (Fsp3) is 0.109. The van der Waals surface area contributed by atoms with E-state index in [9.17, 15) is 0 Å². The van der Waals surface area contributed by atoms with E-state index in [1.807, 2.05) is 0 Å². The first-order chi connectivity index (χ1) is 29.6. The standard InChI is InChI=1S/C55H47N3Si2/c1-40-38-54(57-45-29-13-18-34-50(45)59(42-23-6-3-7-24-42,43-25-8-4-9-26-43)51-35-19-14-30-46(51)57)56-55(39-40)58-47-31-15-20-36-52(47)60(44-27-10-5-11-28-44,49-33-17-12-22-41(49)2)53-37-21-16-32-48(53)58/h3-21,23-25,27-39,41,43H,22,26H2,1-2H3. The first kappa shape index (κ1) is 36.5. The minimum atomic E-state index is -2.73. The van der Waals surface area contributed by atoms with E-state index >= 15 is 0 Å². The van der Waals surface area contributed by atoms with Crippen LogP contribution in [0, 0.1) is 12.8 Å². The molecule has 2 aliphatic carbocycles. The molecule has 2 atom stereocenters. The van der Waals surface area contributed by atoms with Gasteiger partial charge in [0.25, 0.3) is 0 Å². The molecule has 60 heavy (non-hydrogen) atoms. The third kappa shape index (κ3) is 5.35. The maximum Gasteiger partial charge on any atom is 0.180 e. The van der Waals surface area contributed by atoms with Crippen LogP contribution in [0.2, 0.25) is 5.54 Å². The van der Waals surface area contributed by atoms with Crippen LogP contribution in [-0.4, -0.2) is 21.1 Å². The molecule has 11 rings (SSSR count). The number of fused-ring (bicyclic) bond motifs is 4. The summed E-state index contributed by atoms with van der Waals surface area (Å²) in [4.78, 5) is 10.7. The molecular weight excluding hydrogens is 759 g/mol. The summed E-state index contributed by atoms with van der Waals surface area (Å²) in [5.41, 5.74) is 6.41. The van der Waals surface area contributed by atoms with Crippen molar-refractivity contribution in [2.75, 3.05) is 9.80 Å². The summed E-state index contributed by atoms with van der Waals surface area (Å²) < 4.78 is 0. The lowest BCUT2D eigenvalue weighted by Gasteiger charge is -2.48. The van der Waals surface area contributed by atoms with Crippen molar-refractivity contribution in [2.45, 2.75) is 32.2 Å². The molecule has 0 amide bonds. The quantitative estimate of drug-likeness (QED) is 0.156. The number of benzene rings is 6. The van der Waals surface area contributed by atoms with Crippen molar-refractivity contribution in [1.29, 1.82) is 0 Å². The molecule has 2 unspecified atom stereocenters. The summed E-state index contributed by atoms with van der Waals surface area (Å²) in [6, 6.07) is 64.1. The highest BCUT2D eigenvalue weighted by Gasteiger charge is 2.53. The minimum Gasteiger partial charge on any atom is -0.295 e. The molecule has 0 saturated heterocycles. The van der Waals surface area contributed by atoms with Gasteiger partial charge >= 0.3 is 0 Å². The fourth-order valence-corrected chi connectivity index (χ4v) is 22.4. The second kappa shape index (κ2) is 14.6. The molecule has 0 spiro atoms. The van der Waals surface area contributed by atoms with Gasteiger partial charge in [0.05, 0.1) is 0 Å². The zero-order valence-electron chi connectivity index (χ0n) is 34.1. The lowest BCUT2D eigenvalue weighted by atomic mass is 10.0. The van der Waals surface area contributed by atoms with Gasteiger partial charge in [0.15, 0.2) is 16.1 Å². The van der Waals surface area contributed by atoms with E-state index in [0.29, 0.717) is 11.5 Å². The van der Waals surface area contributed by atoms with Crippen LogP contribution >= 0.6 is 0 Å². The molecule has 2 aliphatic heterocycles. The number of aryl methyl sites for hydroxylation is 1. The van der Waals surface area contributed by atoms with E-state index < -0.39 is 16.1 Å². The molecule has 3 heterocycles. The van der Waals surface area contributed by atoms with Crippen LogP contribution < -0.4 is 40.9 Å². The molecular formula is C55H47N3Si2. The SMILES string of the molecule is Cc1cc(N2c3ccccc3[Si](C3=CC=CCC3C)(c3ccccc3)c3ccccc32)nc(N2c3ccccc3[Si](c3ccccc3)(C3C=CC=CC3)c3ccccc32)c1. The first-order valence-corrected chi connectivity index (χ1v) is 25.5. The number of hydrogen-bond acceptors (Lipinski definition) is 3. The average molecular weight is 806 g/mol. The van der Waals surface area contributed by atoms with Crippen molar-refractivity contribution >= 4 is 81.7 Å². The topological polar surface area (TPSA) is 19.4 Å². The van der Waals surface area contributed by atoms with Crippen molar-refractivity contribution in [3.63, 3.8) is 0 Å². The average Bonchev–Trinajstić information content (AvgIpc) is 3.31. The van der Waals surface area contributed by atoms with Crippen LogP contribution in [0.15, 0.2) is 218 Å². The normalized spacial score (nSPS) is 19.1. The number of anilines is 6. The van der Waals surface area contributed by atoms with E-state index in [0.717, 1.165) is 24.5 Å². The molecule has 6 aromatic carbocycles. The number of nitrogens with zero attached hydrogens (tertiary/aromatic N) is 3. The molecule has 3 nitrogen and oxygen atoms in total. The summed E-state index contributed by atoms with van der Waals surface area (Å²) in [6.07, 6.45) is 18.5. The number of para-hydroxylation sites is 4. The predicted molar refractivity (Wildman–Crippen MR) is 258 cm³/mol. The summed E-state index contributed by atoms with van der Waals surface area (Å²) >= 11 is 0. The molecule has 0 fully saturated rings. The van der Waals surface area contributed by atoms with Gasteiger partial charge in [-0.25, -0.2) is 4.98 Å². The highest BCUT2D eigenvalue weighted by Crippen LogP contribution is 2.46. The van der Waals surface area contributed by atoms with Crippen molar-refractivity contribution < 1.29 is 0 Å². The molecule has 0 bridgehead atoms. The summed E-state index contributed by atoms with van der Waals surface area (Å²) in [7, 11) is -5.35. The Morgan fingerprint density at radius 1 is 0.500 bits per heavy atom. The minimum absolute atomic E-state index is 0.364. The third-order valence-electron chi connectivity index (χ3n) is 13.5. The Balaban J connectivity index is 1.15. The maximum atomic E-state index is 5.79.